The van der Waals surface area contributed by atoms with Crippen LogP contribution in [0.3, 0.4) is 0 Å². The number of hydrogen-bond acceptors (Lipinski definition) is 6. The Balaban J connectivity index is 1.95. The van der Waals surface area contributed by atoms with Gasteiger partial charge < -0.3 is 15.4 Å². The fourth-order valence-corrected chi connectivity index (χ4v) is 2.21. The number of aromatic nitrogens is 4. The van der Waals surface area contributed by atoms with Gasteiger partial charge in [0.2, 0.25) is 0 Å². The van der Waals surface area contributed by atoms with Gasteiger partial charge in [0.15, 0.2) is 0 Å². The van der Waals surface area contributed by atoms with E-state index >= 15 is 0 Å². The van der Waals surface area contributed by atoms with Crippen molar-refractivity contribution in [3.63, 3.8) is 0 Å². The zero-order valence-electron chi connectivity index (χ0n) is 10.5. The van der Waals surface area contributed by atoms with Crippen molar-refractivity contribution in [2.24, 2.45) is 5.73 Å². The third-order valence-electron chi connectivity index (χ3n) is 3.21. The second kappa shape index (κ2) is 5.33. The minimum absolute atomic E-state index is 0.113. The molecule has 19 heavy (non-hydrogen) atoms. The summed E-state index contributed by atoms with van der Waals surface area (Å²) in [6.45, 7) is 2.53. The second-order valence-corrected chi connectivity index (χ2v) is 4.38. The van der Waals surface area contributed by atoms with Crippen LogP contribution in [-0.4, -0.2) is 52.6 Å². The molecule has 1 aromatic heterocycles. The Labute approximate surface area is 111 Å². The summed E-state index contributed by atoms with van der Waals surface area (Å²) in [5, 5.41) is 12.0. The van der Waals surface area contributed by atoms with E-state index in [4.69, 9.17) is 10.5 Å². The van der Waals surface area contributed by atoms with Crippen LogP contribution in [-0.2, 0) is 4.74 Å². The van der Waals surface area contributed by atoms with E-state index in [1.165, 1.54) is 0 Å². The summed E-state index contributed by atoms with van der Waals surface area (Å²) in [5.41, 5.74) is 6.72. The topological polar surface area (TPSA) is 82.1 Å². The molecule has 1 unspecified atom stereocenters. The van der Waals surface area contributed by atoms with Crippen LogP contribution in [0.5, 0.6) is 0 Å². The lowest BCUT2D eigenvalue weighted by Crippen LogP contribution is -2.50. The molecule has 2 N–H and O–H groups in total. The van der Waals surface area contributed by atoms with Gasteiger partial charge in [-0.05, 0) is 22.6 Å². The van der Waals surface area contributed by atoms with E-state index in [2.05, 4.69) is 20.4 Å². The van der Waals surface area contributed by atoms with Gasteiger partial charge >= 0.3 is 0 Å². The van der Waals surface area contributed by atoms with Gasteiger partial charge in [-0.3, -0.25) is 0 Å². The zero-order chi connectivity index (χ0) is 13.1. The SMILES string of the molecule is NCC1COCCN1c1nnnn1-c1ccccc1. The molecule has 0 saturated carbocycles. The van der Waals surface area contributed by atoms with Gasteiger partial charge in [0, 0.05) is 13.1 Å². The molecule has 1 aromatic carbocycles. The number of tetrazole rings is 1. The maximum Gasteiger partial charge on any atom is 0.250 e. The Morgan fingerprint density at radius 3 is 2.95 bits per heavy atom. The average molecular weight is 260 g/mol. The number of nitrogens with zero attached hydrogens (tertiary/aromatic N) is 5. The predicted octanol–water partition coefficient (Wildman–Crippen LogP) is -0.174. The molecule has 7 heteroatoms. The molecule has 0 radical (unpaired) electrons. The molecule has 0 bridgehead atoms. The quantitative estimate of drug-likeness (QED) is 0.825. The van der Waals surface area contributed by atoms with Gasteiger partial charge in [0.05, 0.1) is 24.9 Å². The lowest BCUT2D eigenvalue weighted by atomic mass is 10.2. The van der Waals surface area contributed by atoms with Crippen LogP contribution in [0.2, 0.25) is 0 Å². The van der Waals surface area contributed by atoms with Gasteiger partial charge in [0.25, 0.3) is 5.95 Å². The lowest BCUT2D eigenvalue weighted by molar-refractivity contribution is 0.0951. The summed E-state index contributed by atoms with van der Waals surface area (Å²) in [7, 11) is 0. The molecule has 1 aliphatic heterocycles. The highest BCUT2D eigenvalue weighted by atomic mass is 16.5. The highest BCUT2D eigenvalue weighted by Gasteiger charge is 2.26. The molecule has 0 aliphatic carbocycles. The number of anilines is 1. The highest BCUT2D eigenvalue weighted by molar-refractivity contribution is 5.41. The second-order valence-electron chi connectivity index (χ2n) is 4.38. The van der Waals surface area contributed by atoms with Gasteiger partial charge in [0.1, 0.15) is 0 Å². The fraction of sp³-hybridized carbons (Fsp3) is 0.417. The molecule has 100 valence electrons. The third-order valence-corrected chi connectivity index (χ3v) is 3.21. The van der Waals surface area contributed by atoms with E-state index in [0.717, 1.165) is 12.2 Å². The number of hydrogen-bond donors (Lipinski definition) is 1. The van der Waals surface area contributed by atoms with Crippen molar-refractivity contribution in [2.45, 2.75) is 6.04 Å². The van der Waals surface area contributed by atoms with E-state index in [1.807, 2.05) is 30.3 Å². The number of ether oxygens (including phenoxy) is 1. The molecular formula is C12H16N6O. The monoisotopic (exact) mass is 260 g/mol. The van der Waals surface area contributed by atoms with Crippen molar-refractivity contribution >= 4 is 5.95 Å². The summed E-state index contributed by atoms with van der Waals surface area (Å²) >= 11 is 0. The molecule has 3 rings (SSSR count). The molecule has 2 aromatic rings. The summed E-state index contributed by atoms with van der Waals surface area (Å²) in [6.07, 6.45) is 0. The smallest absolute Gasteiger partial charge is 0.250 e. The number of morpholine rings is 1. The van der Waals surface area contributed by atoms with E-state index in [9.17, 15) is 0 Å². The first-order chi connectivity index (χ1) is 9.40. The summed E-state index contributed by atoms with van der Waals surface area (Å²) in [4.78, 5) is 2.11. The lowest BCUT2D eigenvalue weighted by Gasteiger charge is -2.34. The largest absolute Gasteiger partial charge is 0.377 e. The average Bonchev–Trinajstić information content (AvgIpc) is 2.97. The van der Waals surface area contributed by atoms with Crippen LogP contribution in [0.25, 0.3) is 5.69 Å². The maximum absolute atomic E-state index is 5.79. The van der Waals surface area contributed by atoms with Crippen LogP contribution in [0, 0.1) is 0 Å². The van der Waals surface area contributed by atoms with Crippen molar-refractivity contribution in [2.75, 3.05) is 31.2 Å². The van der Waals surface area contributed by atoms with Crippen LogP contribution in [0.4, 0.5) is 5.95 Å². The molecule has 1 atom stereocenters. The summed E-state index contributed by atoms with van der Waals surface area (Å²) < 4.78 is 7.18. The first-order valence-corrected chi connectivity index (χ1v) is 6.28. The number of rotatable bonds is 3. The normalized spacial score (nSPS) is 19.6. The van der Waals surface area contributed by atoms with Gasteiger partial charge in [-0.2, -0.15) is 4.68 Å². The van der Waals surface area contributed by atoms with Crippen molar-refractivity contribution < 1.29 is 4.74 Å². The van der Waals surface area contributed by atoms with Crippen molar-refractivity contribution in [1.29, 1.82) is 0 Å². The van der Waals surface area contributed by atoms with E-state index in [-0.39, 0.29) is 6.04 Å². The molecular weight excluding hydrogens is 244 g/mol. The first-order valence-electron chi connectivity index (χ1n) is 6.28. The molecule has 0 spiro atoms. The van der Waals surface area contributed by atoms with Crippen LogP contribution in [0.1, 0.15) is 0 Å². The fourth-order valence-electron chi connectivity index (χ4n) is 2.21. The van der Waals surface area contributed by atoms with Crippen LogP contribution < -0.4 is 10.6 Å². The standard InChI is InChI=1S/C12H16N6O/c13-8-11-9-19-7-6-17(11)12-14-15-16-18(12)10-4-2-1-3-5-10/h1-5,11H,6-9,13H2. The van der Waals surface area contributed by atoms with Gasteiger partial charge in [-0.25, -0.2) is 0 Å². The van der Waals surface area contributed by atoms with Crippen LogP contribution in [0.15, 0.2) is 30.3 Å². The van der Waals surface area contributed by atoms with E-state index in [0.29, 0.717) is 25.7 Å². The van der Waals surface area contributed by atoms with Crippen molar-refractivity contribution in [3.05, 3.63) is 30.3 Å². The molecule has 1 fully saturated rings. The Hall–Kier alpha value is -1.99. The summed E-state index contributed by atoms with van der Waals surface area (Å²) in [6, 6.07) is 9.93. The first kappa shape index (κ1) is 12.1. The Kier molecular flexibility index (Phi) is 3.39. The zero-order valence-corrected chi connectivity index (χ0v) is 10.5. The minimum Gasteiger partial charge on any atom is -0.377 e. The van der Waals surface area contributed by atoms with Gasteiger partial charge in [-0.1, -0.05) is 23.3 Å². The summed E-state index contributed by atoms with van der Waals surface area (Å²) in [5.74, 6) is 0.713. The van der Waals surface area contributed by atoms with Crippen molar-refractivity contribution in [3.8, 4) is 5.69 Å². The number of para-hydroxylation sites is 1. The number of nitrogens with two attached hydrogens (primary N) is 1. The minimum atomic E-state index is 0.113. The third kappa shape index (κ3) is 2.29. The molecule has 1 saturated heterocycles. The Morgan fingerprint density at radius 2 is 2.16 bits per heavy atom. The molecule has 7 nitrogen and oxygen atoms in total. The number of benzene rings is 1. The Morgan fingerprint density at radius 1 is 1.32 bits per heavy atom. The van der Waals surface area contributed by atoms with Crippen molar-refractivity contribution in [1.82, 2.24) is 20.2 Å². The molecule has 2 heterocycles. The highest BCUT2D eigenvalue weighted by Crippen LogP contribution is 2.19. The molecule has 0 amide bonds. The van der Waals surface area contributed by atoms with Gasteiger partial charge in [-0.15, -0.1) is 0 Å². The van der Waals surface area contributed by atoms with E-state index in [1.54, 1.807) is 4.68 Å². The Bertz CT molecular complexity index is 528. The molecule has 1 aliphatic rings. The van der Waals surface area contributed by atoms with Crippen LogP contribution >= 0.6 is 0 Å². The van der Waals surface area contributed by atoms with E-state index < -0.39 is 0 Å². The maximum atomic E-state index is 5.79. The predicted molar refractivity (Wildman–Crippen MR) is 70.2 cm³/mol.